The summed E-state index contributed by atoms with van der Waals surface area (Å²) in [5.74, 6) is 0.0405. The van der Waals surface area contributed by atoms with Crippen molar-refractivity contribution in [1.82, 2.24) is 0 Å². The highest BCUT2D eigenvalue weighted by atomic mass is 16.5. The summed E-state index contributed by atoms with van der Waals surface area (Å²) in [6.45, 7) is 7.32. The topological polar surface area (TPSA) is 67.4 Å². The van der Waals surface area contributed by atoms with E-state index in [1.54, 1.807) is 32.0 Å². The SMILES string of the molecule is COc1ccccc1NC(=O)C(C)(C)C(=O)Nc1ccccc1C(C)C. The van der Waals surface area contributed by atoms with Crippen LogP contribution in [-0.4, -0.2) is 18.9 Å². The van der Waals surface area contributed by atoms with Crippen LogP contribution in [-0.2, 0) is 9.59 Å². The van der Waals surface area contributed by atoms with Gasteiger partial charge in [0.15, 0.2) is 0 Å². The van der Waals surface area contributed by atoms with E-state index in [1.165, 1.54) is 7.11 Å². The number of anilines is 2. The highest BCUT2D eigenvalue weighted by Gasteiger charge is 2.36. The van der Waals surface area contributed by atoms with E-state index in [2.05, 4.69) is 24.5 Å². The molecule has 0 aliphatic rings. The molecule has 26 heavy (non-hydrogen) atoms. The number of methoxy groups -OCH3 is 1. The van der Waals surface area contributed by atoms with Crippen LogP contribution in [0.1, 0.15) is 39.2 Å². The van der Waals surface area contributed by atoms with Crippen molar-refractivity contribution in [2.24, 2.45) is 5.41 Å². The lowest BCUT2D eigenvalue weighted by Crippen LogP contribution is -2.41. The Morgan fingerprint density at radius 1 is 0.885 bits per heavy atom. The van der Waals surface area contributed by atoms with E-state index < -0.39 is 11.3 Å². The molecule has 138 valence electrons. The van der Waals surface area contributed by atoms with E-state index in [9.17, 15) is 9.59 Å². The fourth-order valence-electron chi connectivity index (χ4n) is 2.52. The van der Waals surface area contributed by atoms with Gasteiger partial charge in [-0.3, -0.25) is 9.59 Å². The largest absolute Gasteiger partial charge is 0.495 e. The zero-order valence-corrected chi connectivity index (χ0v) is 15.9. The molecular weight excluding hydrogens is 328 g/mol. The number of carbonyl (C=O) groups is 2. The first kappa shape index (κ1) is 19.5. The van der Waals surface area contributed by atoms with Crippen molar-refractivity contribution in [3.63, 3.8) is 0 Å². The summed E-state index contributed by atoms with van der Waals surface area (Å²) >= 11 is 0. The predicted molar refractivity (Wildman–Crippen MR) is 105 cm³/mol. The maximum atomic E-state index is 12.8. The molecular formula is C21H26N2O3. The number of para-hydroxylation sites is 3. The van der Waals surface area contributed by atoms with Gasteiger partial charge in [0.2, 0.25) is 11.8 Å². The Morgan fingerprint density at radius 2 is 1.38 bits per heavy atom. The van der Waals surface area contributed by atoms with Gasteiger partial charge in [0.1, 0.15) is 11.2 Å². The molecule has 2 N–H and O–H groups in total. The number of hydrogen-bond acceptors (Lipinski definition) is 3. The molecule has 0 aliphatic heterocycles. The van der Waals surface area contributed by atoms with Crippen molar-refractivity contribution >= 4 is 23.2 Å². The fraction of sp³-hybridized carbons (Fsp3) is 0.333. The number of hydrogen-bond donors (Lipinski definition) is 2. The highest BCUT2D eigenvalue weighted by molar-refractivity contribution is 6.14. The maximum Gasteiger partial charge on any atom is 0.239 e. The second kappa shape index (κ2) is 8.04. The zero-order chi connectivity index (χ0) is 19.3. The molecule has 0 saturated carbocycles. The minimum Gasteiger partial charge on any atom is -0.495 e. The molecule has 0 spiro atoms. The lowest BCUT2D eigenvalue weighted by atomic mass is 9.90. The average molecular weight is 354 g/mol. The normalized spacial score (nSPS) is 11.2. The number of rotatable bonds is 6. The van der Waals surface area contributed by atoms with Crippen molar-refractivity contribution in [2.45, 2.75) is 33.6 Å². The lowest BCUT2D eigenvalue weighted by molar-refractivity contribution is -0.135. The molecule has 0 atom stereocenters. The second-order valence-electron chi connectivity index (χ2n) is 6.98. The van der Waals surface area contributed by atoms with Crippen LogP contribution in [0.3, 0.4) is 0 Å². The van der Waals surface area contributed by atoms with Gasteiger partial charge in [-0.1, -0.05) is 44.2 Å². The number of ether oxygens (including phenoxy) is 1. The van der Waals surface area contributed by atoms with Crippen molar-refractivity contribution < 1.29 is 14.3 Å². The quantitative estimate of drug-likeness (QED) is 0.755. The molecule has 2 rings (SSSR count). The highest BCUT2D eigenvalue weighted by Crippen LogP contribution is 2.29. The fourth-order valence-corrected chi connectivity index (χ4v) is 2.52. The van der Waals surface area contributed by atoms with Gasteiger partial charge < -0.3 is 15.4 Å². The minimum absolute atomic E-state index is 0.261. The predicted octanol–water partition coefficient (Wildman–Crippen LogP) is 4.42. The number of nitrogens with one attached hydrogen (secondary N) is 2. The molecule has 0 radical (unpaired) electrons. The van der Waals surface area contributed by atoms with Gasteiger partial charge in [-0.2, -0.15) is 0 Å². The summed E-state index contributed by atoms with van der Waals surface area (Å²) in [4.78, 5) is 25.5. The Hall–Kier alpha value is -2.82. The summed E-state index contributed by atoms with van der Waals surface area (Å²) in [7, 11) is 1.53. The van der Waals surface area contributed by atoms with Gasteiger partial charge in [0, 0.05) is 5.69 Å². The monoisotopic (exact) mass is 354 g/mol. The van der Waals surface area contributed by atoms with E-state index in [-0.39, 0.29) is 11.8 Å². The van der Waals surface area contributed by atoms with Crippen LogP contribution in [0, 0.1) is 5.41 Å². The van der Waals surface area contributed by atoms with Crippen molar-refractivity contribution in [3.05, 3.63) is 54.1 Å². The number of benzene rings is 2. The van der Waals surface area contributed by atoms with E-state index in [1.807, 2.05) is 30.3 Å². The van der Waals surface area contributed by atoms with Crippen LogP contribution in [0.15, 0.2) is 48.5 Å². The third-order valence-corrected chi connectivity index (χ3v) is 4.32. The molecule has 0 saturated heterocycles. The first-order chi connectivity index (χ1) is 12.3. The van der Waals surface area contributed by atoms with Crippen molar-refractivity contribution in [2.75, 3.05) is 17.7 Å². The summed E-state index contributed by atoms with van der Waals surface area (Å²) < 4.78 is 5.24. The molecule has 0 aromatic heterocycles. The molecule has 0 bridgehead atoms. The Bertz CT molecular complexity index is 797. The molecule has 5 heteroatoms. The number of carbonyl (C=O) groups excluding carboxylic acids is 2. The molecule has 2 aromatic rings. The smallest absolute Gasteiger partial charge is 0.239 e. The molecule has 2 aromatic carbocycles. The van der Waals surface area contributed by atoms with E-state index in [4.69, 9.17) is 4.74 Å². The van der Waals surface area contributed by atoms with Gasteiger partial charge in [-0.25, -0.2) is 0 Å². The second-order valence-corrected chi connectivity index (χ2v) is 6.98. The maximum absolute atomic E-state index is 12.8. The average Bonchev–Trinajstić information content (AvgIpc) is 2.62. The van der Waals surface area contributed by atoms with Crippen molar-refractivity contribution in [1.29, 1.82) is 0 Å². The van der Waals surface area contributed by atoms with Crippen LogP contribution in [0.2, 0.25) is 0 Å². The van der Waals surface area contributed by atoms with Crippen LogP contribution < -0.4 is 15.4 Å². The molecule has 2 amide bonds. The van der Waals surface area contributed by atoms with Crippen LogP contribution in [0.25, 0.3) is 0 Å². The third-order valence-electron chi connectivity index (χ3n) is 4.32. The van der Waals surface area contributed by atoms with Gasteiger partial charge in [0.05, 0.1) is 12.8 Å². The number of amides is 2. The van der Waals surface area contributed by atoms with E-state index in [0.717, 1.165) is 11.3 Å². The summed E-state index contributed by atoms with van der Waals surface area (Å²) in [5, 5.41) is 5.68. The van der Waals surface area contributed by atoms with Crippen LogP contribution >= 0.6 is 0 Å². The first-order valence-corrected chi connectivity index (χ1v) is 8.62. The standard InChI is InChI=1S/C21H26N2O3/c1-14(2)15-10-6-7-11-16(15)22-19(24)21(3,4)20(25)23-17-12-8-9-13-18(17)26-5/h6-14H,1-5H3,(H,22,24)(H,23,25). The molecule has 0 heterocycles. The van der Waals surface area contributed by atoms with Gasteiger partial charge >= 0.3 is 0 Å². The third kappa shape index (κ3) is 4.23. The Morgan fingerprint density at radius 3 is 1.96 bits per heavy atom. The summed E-state index contributed by atoms with van der Waals surface area (Å²) in [6, 6.07) is 14.7. The van der Waals surface area contributed by atoms with Gasteiger partial charge in [0.25, 0.3) is 0 Å². The molecule has 0 unspecified atom stereocenters. The van der Waals surface area contributed by atoms with Crippen molar-refractivity contribution in [3.8, 4) is 5.75 Å². The summed E-state index contributed by atoms with van der Waals surface area (Å²) in [6.07, 6.45) is 0. The Labute approximate surface area is 154 Å². The van der Waals surface area contributed by atoms with Gasteiger partial charge in [-0.05, 0) is 43.5 Å². The van der Waals surface area contributed by atoms with Crippen LogP contribution in [0.4, 0.5) is 11.4 Å². The molecule has 0 fully saturated rings. The molecule has 5 nitrogen and oxygen atoms in total. The van der Waals surface area contributed by atoms with Crippen LogP contribution in [0.5, 0.6) is 5.75 Å². The zero-order valence-electron chi connectivity index (χ0n) is 15.9. The first-order valence-electron chi connectivity index (χ1n) is 8.62. The Kier molecular flexibility index (Phi) is 6.03. The van der Waals surface area contributed by atoms with E-state index in [0.29, 0.717) is 11.4 Å². The van der Waals surface area contributed by atoms with E-state index >= 15 is 0 Å². The van der Waals surface area contributed by atoms with Gasteiger partial charge in [-0.15, -0.1) is 0 Å². The lowest BCUT2D eigenvalue weighted by Gasteiger charge is -2.24. The molecule has 0 aliphatic carbocycles. The minimum atomic E-state index is -1.26. The summed E-state index contributed by atoms with van der Waals surface area (Å²) in [5.41, 5.74) is 1.03. The Balaban J connectivity index is 2.18.